The van der Waals surface area contributed by atoms with Crippen molar-refractivity contribution in [2.45, 2.75) is 16.8 Å². The fraction of sp³-hybridized carbons (Fsp3) is 0.250. The van der Waals surface area contributed by atoms with Crippen LogP contribution in [0.1, 0.15) is 5.56 Å². The molecule has 1 aromatic carbocycles. The lowest BCUT2D eigenvalue weighted by Crippen LogP contribution is -2.43. The number of carbonyl (C=O) groups is 2. The van der Waals surface area contributed by atoms with Crippen LogP contribution in [0.5, 0.6) is 0 Å². The van der Waals surface area contributed by atoms with Crippen molar-refractivity contribution in [2.24, 2.45) is 0 Å². The summed E-state index contributed by atoms with van der Waals surface area (Å²) in [7, 11) is 1.74. The van der Waals surface area contributed by atoms with Gasteiger partial charge in [0.1, 0.15) is 6.04 Å². The molecule has 0 bridgehead atoms. The number of aliphatic carboxylic acids is 1. The molecule has 2 heterocycles. The molecule has 0 aliphatic rings. The Bertz CT molecular complexity index is 923. The number of thioether (sulfide) groups is 1. The van der Waals surface area contributed by atoms with Gasteiger partial charge >= 0.3 is 5.97 Å². The summed E-state index contributed by atoms with van der Waals surface area (Å²) in [6.45, 7) is 0. The van der Waals surface area contributed by atoms with Crippen LogP contribution in [-0.2, 0) is 16.0 Å². The molecule has 0 saturated heterocycles. The molecule has 136 valence electrons. The topological polar surface area (TPSA) is 120 Å². The van der Waals surface area contributed by atoms with E-state index in [2.05, 4.69) is 25.8 Å². The van der Waals surface area contributed by atoms with Crippen molar-refractivity contribution in [1.29, 1.82) is 0 Å². The summed E-state index contributed by atoms with van der Waals surface area (Å²) in [4.78, 5) is 26.8. The SMILES string of the molecule is CNc1nnc(SCC(=O)NC(Cc2c[nH]c3ccccc23)C(=O)O)s1. The van der Waals surface area contributed by atoms with Crippen LogP contribution in [0.4, 0.5) is 5.13 Å². The highest BCUT2D eigenvalue weighted by molar-refractivity contribution is 8.01. The van der Waals surface area contributed by atoms with E-state index < -0.39 is 12.0 Å². The molecule has 0 radical (unpaired) electrons. The molecule has 2 aromatic heterocycles. The molecule has 1 atom stereocenters. The lowest BCUT2D eigenvalue weighted by Gasteiger charge is -2.13. The minimum Gasteiger partial charge on any atom is -0.480 e. The number of amides is 1. The second-order valence-corrected chi connectivity index (χ2v) is 7.63. The summed E-state index contributed by atoms with van der Waals surface area (Å²) in [6, 6.07) is 6.65. The van der Waals surface area contributed by atoms with Crippen LogP contribution in [0.3, 0.4) is 0 Å². The second-order valence-electron chi connectivity index (χ2n) is 5.43. The van der Waals surface area contributed by atoms with E-state index in [9.17, 15) is 14.7 Å². The Kier molecular flexibility index (Phi) is 5.74. The molecular weight excluding hydrogens is 374 g/mol. The van der Waals surface area contributed by atoms with Crippen molar-refractivity contribution in [3.8, 4) is 0 Å². The van der Waals surface area contributed by atoms with E-state index >= 15 is 0 Å². The number of benzene rings is 1. The smallest absolute Gasteiger partial charge is 0.326 e. The van der Waals surface area contributed by atoms with Gasteiger partial charge in [-0.15, -0.1) is 10.2 Å². The first kappa shape index (κ1) is 18.2. The van der Waals surface area contributed by atoms with Crippen molar-refractivity contribution in [3.05, 3.63) is 36.0 Å². The molecule has 4 N–H and O–H groups in total. The second kappa shape index (κ2) is 8.19. The molecule has 8 nitrogen and oxygen atoms in total. The third-order valence-corrected chi connectivity index (χ3v) is 5.75. The Balaban J connectivity index is 1.61. The number of rotatable bonds is 8. The van der Waals surface area contributed by atoms with E-state index in [0.717, 1.165) is 16.5 Å². The van der Waals surface area contributed by atoms with Crippen LogP contribution in [0.25, 0.3) is 10.9 Å². The average Bonchev–Trinajstić information content (AvgIpc) is 3.26. The predicted molar refractivity (Wildman–Crippen MR) is 102 cm³/mol. The predicted octanol–water partition coefficient (Wildman–Crippen LogP) is 1.97. The number of hydrogen-bond donors (Lipinski definition) is 4. The largest absolute Gasteiger partial charge is 0.480 e. The zero-order valence-electron chi connectivity index (χ0n) is 13.9. The molecule has 0 fully saturated rings. The first-order chi connectivity index (χ1) is 12.6. The maximum atomic E-state index is 12.1. The highest BCUT2D eigenvalue weighted by atomic mass is 32.2. The standard InChI is InChI=1S/C16H17N5O3S2/c1-17-15-20-21-16(26-15)25-8-13(22)19-12(14(23)24)6-9-7-18-11-5-3-2-4-10(9)11/h2-5,7,12,18H,6,8H2,1H3,(H,17,20)(H,19,22)(H,23,24). The van der Waals surface area contributed by atoms with Gasteiger partial charge in [0.2, 0.25) is 11.0 Å². The number of nitrogens with one attached hydrogen (secondary N) is 3. The Labute approximate surface area is 157 Å². The van der Waals surface area contributed by atoms with E-state index in [1.54, 1.807) is 13.2 Å². The van der Waals surface area contributed by atoms with Gasteiger partial charge in [-0.05, 0) is 11.6 Å². The number of carbonyl (C=O) groups excluding carboxylic acids is 1. The molecule has 0 aliphatic carbocycles. The number of carboxylic acid groups (broad SMARTS) is 1. The zero-order chi connectivity index (χ0) is 18.5. The third-order valence-electron chi connectivity index (χ3n) is 3.68. The first-order valence-corrected chi connectivity index (χ1v) is 9.58. The van der Waals surface area contributed by atoms with Gasteiger partial charge in [-0.1, -0.05) is 41.3 Å². The number of H-pyrrole nitrogens is 1. The molecule has 0 saturated carbocycles. The fourth-order valence-electron chi connectivity index (χ4n) is 2.45. The summed E-state index contributed by atoms with van der Waals surface area (Å²) in [5, 5.41) is 24.3. The molecule has 0 spiro atoms. The molecule has 10 heteroatoms. The van der Waals surface area contributed by atoms with E-state index in [4.69, 9.17) is 0 Å². The van der Waals surface area contributed by atoms with Crippen LogP contribution in [-0.4, -0.2) is 51.0 Å². The van der Waals surface area contributed by atoms with Crippen molar-refractivity contribution in [3.63, 3.8) is 0 Å². The normalized spacial score (nSPS) is 12.0. The minimum absolute atomic E-state index is 0.0794. The van der Waals surface area contributed by atoms with Gasteiger partial charge in [-0.25, -0.2) is 4.79 Å². The van der Waals surface area contributed by atoms with Gasteiger partial charge in [0.05, 0.1) is 5.75 Å². The number of aromatic amines is 1. The number of carboxylic acids is 1. The summed E-state index contributed by atoms with van der Waals surface area (Å²) in [5.41, 5.74) is 1.79. The van der Waals surface area contributed by atoms with E-state index in [-0.39, 0.29) is 18.1 Å². The number of para-hydroxylation sites is 1. The molecule has 3 aromatic rings. The number of fused-ring (bicyclic) bond motifs is 1. The Morgan fingerprint density at radius 3 is 2.88 bits per heavy atom. The van der Waals surface area contributed by atoms with Crippen LogP contribution in [0.2, 0.25) is 0 Å². The van der Waals surface area contributed by atoms with Crippen molar-refractivity contribution in [1.82, 2.24) is 20.5 Å². The Morgan fingerprint density at radius 2 is 2.15 bits per heavy atom. The van der Waals surface area contributed by atoms with Crippen LogP contribution in [0.15, 0.2) is 34.8 Å². The number of aromatic nitrogens is 3. The summed E-state index contributed by atoms with van der Waals surface area (Å²) in [6.07, 6.45) is 1.99. The molecule has 0 aliphatic heterocycles. The average molecular weight is 391 g/mol. The Morgan fingerprint density at radius 1 is 1.35 bits per heavy atom. The van der Waals surface area contributed by atoms with Crippen molar-refractivity contribution < 1.29 is 14.7 Å². The molecule has 1 unspecified atom stereocenters. The number of hydrogen-bond acceptors (Lipinski definition) is 7. The van der Waals surface area contributed by atoms with Crippen molar-refractivity contribution in [2.75, 3.05) is 18.1 Å². The van der Waals surface area contributed by atoms with Gasteiger partial charge in [0.25, 0.3) is 0 Å². The maximum Gasteiger partial charge on any atom is 0.326 e. The van der Waals surface area contributed by atoms with Gasteiger partial charge in [-0.3, -0.25) is 4.79 Å². The third kappa shape index (κ3) is 4.33. The van der Waals surface area contributed by atoms with Crippen molar-refractivity contribution >= 4 is 51.0 Å². The van der Waals surface area contributed by atoms with Crippen LogP contribution < -0.4 is 10.6 Å². The van der Waals surface area contributed by atoms with E-state index in [1.165, 1.54) is 23.1 Å². The van der Waals surface area contributed by atoms with Gasteiger partial charge in [0, 0.05) is 30.6 Å². The molecule has 26 heavy (non-hydrogen) atoms. The molecule has 3 rings (SSSR count). The quantitative estimate of drug-likeness (QED) is 0.433. The summed E-state index contributed by atoms with van der Waals surface area (Å²) < 4.78 is 0.646. The zero-order valence-corrected chi connectivity index (χ0v) is 15.5. The molecule has 1 amide bonds. The van der Waals surface area contributed by atoms with E-state index in [1.807, 2.05) is 24.3 Å². The van der Waals surface area contributed by atoms with Gasteiger partial charge < -0.3 is 20.7 Å². The van der Waals surface area contributed by atoms with Gasteiger partial charge in [-0.2, -0.15) is 0 Å². The minimum atomic E-state index is -1.07. The monoisotopic (exact) mass is 391 g/mol. The van der Waals surface area contributed by atoms with E-state index in [0.29, 0.717) is 9.47 Å². The highest BCUT2D eigenvalue weighted by Crippen LogP contribution is 2.25. The van der Waals surface area contributed by atoms with Crippen LogP contribution in [0, 0.1) is 0 Å². The lowest BCUT2D eigenvalue weighted by atomic mass is 10.1. The first-order valence-electron chi connectivity index (χ1n) is 7.78. The lowest BCUT2D eigenvalue weighted by molar-refractivity contribution is -0.141. The number of nitrogens with zero attached hydrogens (tertiary/aromatic N) is 2. The fourth-order valence-corrected chi connectivity index (χ4v) is 3.97. The Hall–Kier alpha value is -2.59. The summed E-state index contributed by atoms with van der Waals surface area (Å²) >= 11 is 2.56. The maximum absolute atomic E-state index is 12.1. The highest BCUT2D eigenvalue weighted by Gasteiger charge is 2.22. The van der Waals surface area contributed by atoms with Crippen LogP contribution >= 0.6 is 23.1 Å². The molecular formula is C16H17N5O3S2. The number of anilines is 1. The summed E-state index contributed by atoms with van der Waals surface area (Å²) in [5.74, 6) is -1.35. The van der Waals surface area contributed by atoms with Gasteiger partial charge in [0.15, 0.2) is 4.34 Å².